The van der Waals surface area contributed by atoms with Crippen LogP contribution in [0.25, 0.3) is 0 Å². The molecule has 0 saturated heterocycles. The highest BCUT2D eigenvalue weighted by molar-refractivity contribution is 5.69. The molecule has 0 spiro atoms. The third-order valence-corrected chi connectivity index (χ3v) is 5.84. The maximum atomic E-state index is 11.8. The summed E-state index contributed by atoms with van der Waals surface area (Å²) >= 11 is 0. The number of aliphatic hydroxyl groups excluding tert-OH is 1. The smallest absolute Gasteiger partial charge is 0.305 e. The number of esters is 1. The van der Waals surface area contributed by atoms with Crippen molar-refractivity contribution >= 4 is 5.97 Å². The van der Waals surface area contributed by atoms with Gasteiger partial charge in [0.15, 0.2) is 0 Å². The summed E-state index contributed by atoms with van der Waals surface area (Å²) in [6.45, 7) is 2.89. The zero-order valence-electron chi connectivity index (χ0n) is 20.6. The minimum absolute atomic E-state index is 0.00631. The van der Waals surface area contributed by atoms with Crippen LogP contribution in [0.2, 0.25) is 0 Å². The second kappa shape index (κ2) is 21.5. The molecule has 0 amide bonds. The highest BCUT2D eigenvalue weighted by atomic mass is 16.5. The van der Waals surface area contributed by atoms with Crippen LogP contribution in [0.4, 0.5) is 0 Å². The minimum Gasteiger partial charge on any atom is -0.463 e. The van der Waals surface area contributed by atoms with Crippen molar-refractivity contribution in [3.8, 4) is 0 Å². The third kappa shape index (κ3) is 18.2. The average molecular weight is 449 g/mol. The van der Waals surface area contributed by atoms with Crippen molar-refractivity contribution in [3.63, 3.8) is 0 Å². The lowest BCUT2D eigenvalue weighted by atomic mass is 10.0. The summed E-state index contributed by atoms with van der Waals surface area (Å²) in [5, 5.41) is 9.88. The fraction of sp³-hybridized carbons (Fsp3) is 0.750. The van der Waals surface area contributed by atoms with E-state index in [0.29, 0.717) is 13.0 Å². The van der Waals surface area contributed by atoms with Gasteiger partial charge in [-0.3, -0.25) is 4.79 Å². The summed E-state index contributed by atoms with van der Waals surface area (Å²) in [6.07, 6.45) is 19.3. The van der Waals surface area contributed by atoms with Crippen LogP contribution in [0.5, 0.6) is 0 Å². The van der Waals surface area contributed by atoms with Gasteiger partial charge in [-0.1, -0.05) is 127 Å². The Hall–Kier alpha value is -1.39. The molecule has 4 nitrogen and oxygen atoms in total. The van der Waals surface area contributed by atoms with Gasteiger partial charge in [0.1, 0.15) is 12.7 Å². The molecule has 4 heteroatoms. The number of hydrogen-bond acceptors (Lipinski definition) is 4. The SMILES string of the molecule is CCCCCCCCCCCCCCCCCC(=O)OC[C@H](O)COCc1ccccc1. The number of hydrogen-bond donors (Lipinski definition) is 1. The first kappa shape index (κ1) is 28.6. The molecule has 0 aliphatic carbocycles. The summed E-state index contributed by atoms with van der Waals surface area (Å²) in [4.78, 5) is 11.8. The van der Waals surface area contributed by atoms with E-state index in [4.69, 9.17) is 9.47 Å². The van der Waals surface area contributed by atoms with E-state index in [1.165, 1.54) is 83.5 Å². The van der Waals surface area contributed by atoms with Gasteiger partial charge in [0.05, 0.1) is 13.2 Å². The Kier molecular flexibility index (Phi) is 19.2. The lowest BCUT2D eigenvalue weighted by Crippen LogP contribution is -2.23. The maximum absolute atomic E-state index is 11.8. The molecule has 0 radical (unpaired) electrons. The van der Waals surface area contributed by atoms with E-state index in [9.17, 15) is 9.90 Å². The molecular formula is C28H48O4. The highest BCUT2D eigenvalue weighted by Crippen LogP contribution is 2.14. The Morgan fingerprint density at radius 1 is 0.750 bits per heavy atom. The van der Waals surface area contributed by atoms with Gasteiger partial charge in [0, 0.05) is 6.42 Å². The maximum Gasteiger partial charge on any atom is 0.305 e. The summed E-state index contributed by atoms with van der Waals surface area (Å²) < 4.78 is 10.6. The van der Waals surface area contributed by atoms with E-state index >= 15 is 0 Å². The summed E-state index contributed by atoms with van der Waals surface area (Å²) in [5.74, 6) is -0.221. The molecule has 1 N–H and O–H groups in total. The first-order valence-corrected chi connectivity index (χ1v) is 13.2. The van der Waals surface area contributed by atoms with Crippen LogP contribution >= 0.6 is 0 Å². The lowest BCUT2D eigenvalue weighted by Gasteiger charge is -2.12. The van der Waals surface area contributed by atoms with E-state index in [1.807, 2.05) is 30.3 Å². The molecule has 0 fully saturated rings. The van der Waals surface area contributed by atoms with E-state index in [0.717, 1.165) is 18.4 Å². The molecule has 0 unspecified atom stereocenters. The molecule has 0 saturated carbocycles. The van der Waals surface area contributed by atoms with Gasteiger partial charge in [-0.15, -0.1) is 0 Å². The summed E-state index contributed by atoms with van der Waals surface area (Å²) in [7, 11) is 0. The largest absolute Gasteiger partial charge is 0.463 e. The van der Waals surface area contributed by atoms with Crippen molar-refractivity contribution in [3.05, 3.63) is 35.9 Å². The quantitative estimate of drug-likeness (QED) is 0.149. The molecule has 0 aliphatic heterocycles. The molecule has 1 atom stereocenters. The lowest BCUT2D eigenvalue weighted by molar-refractivity contribution is -0.148. The van der Waals surface area contributed by atoms with Gasteiger partial charge in [-0.2, -0.15) is 0 Å². The number of carbonyl (C=O) groups excluding carboxylic acids is 1. The first-order valence-electron chi connectivity index (χ1n) is 13.2. The van der Waals surface area contributed by atoms with Crippen LogP contribution in [-0.4, -0.2) is 30.4 Å². The van der Waals surface area contributed by atoms with E-state index in [1.54, 1.807) is 0 Å². The Morgan fingerprint density at radius 2 is 1.25 bits per heavy atom. The minimum atomic E-state index is -0.774. The van der Waals surface area contributed by atoms with E-state index in [-0.39, 0.29) is 19.2 Å². The van der Waals surface area contributed by atoms with Crippen LogP contribution in [-0.2, 0) is 20.9 Å². The molecule has 1 aromatic carbocycles. The molecule has 0 heterocycles. The van der Waals surface area contributed by atoms with Gasteiger partial charge in [0.25, 0.3) is 0 Å². The molecule has 32 heavy (non-hydrogen) atoms. The first-order chi connectivity index (χ1) is 15.7. The summed E-state index contributed by atoms with van der Waals surface area (Å²) in [5.41, 5.74) is 1.06. The molecule has 1 aromatic rings. The molecule has 0 aromatic heterocycles. The molecule has 0 aliphatic rings. The number of aliphatic hydroxyl groups is 1. The molecule has 0 bridgehead atoms. The standard InChI is InChI=1S/C28H48O4/c1-2-3-4-5-6-7-8-9-10-11-12-13-14-15-19-22-28(30)32-25-27(29)24-31-23-26-20-17-16-18-21-26/h16-18,20-21,27,29H,2-15,19,22-25H2,1H3/t27-/m1/s1. The van der Waals surface area contributed by atoms with Crippen molar-refractivity contribution in [2.75, 3.05) is 13.2 Å². The number of rotatable bonds is 22. The van der Waals surface area contributed by atoms with Gasteiger partial charge < -0.3 is 14.6 Å². The van der Waals surface area contributed by atoms with Crippen molar-refractivity contribution in [1.29, 1.82) is 0 Å². The molecule has 1 rings (SSSR count). The number of benzene rings is 1. The predicted octanol–water partition coefficient (Wildman–Crippen LogP) is 7.37. The van der Waals surface area contributed by atoms with Crippen LogP contribution < -0.4 is 0 Å². The number of unbranched alkanes of at least 4 members (excludes halogenated alkanes) is 14. The average Bonchev–Trinajstić information content (AvgIpc) is 2.81. The fourth-order valence-corrected chi connectivity index (χ4v) is 3.84. The van der Waals surface area contributed by atoms with E-state index < -0.39 is 6.10 Å². The van der Waals surface area contributed by atoms with E-state index in [2.05, 4.69) is 6.92 Å². The predicted molar refractivity (Wildman–Crippen MR) is 133 cm³/mol. The Morgan fingerprint density at radius 3 is 1.78 bits per heavy atom. The number of ether oxygens (including phenoxy) is 2. The van der Waals surface area contributed by atoms with Crippen molar-refractivity contribution < 1.29 is 19.4 Å². The summed E-state index contributed by atoms with van der Waals surface area (Å²) in [6, 6.07) is 9.81. The Bertz CT molecular complexity index is 531. The Labute approximate surface area is 197 Å². The zero-order valence-corrected chi connectivity index (χ0v) is 20.6. The molecule has 184 valence electrons. The fourth-order valence-electron chi connectivity index (χ4n) is 3.84. The van der Waals surface area contributed by atoms with Gasteiger partial charge >= 0.3 is 5.97 Å². The zero-order chi connectivity index (χ0) is 23.1. The second-order valence-electron chi connectivity index (χ2n) is 9.04. The third-order valence-electron chi connectivity index (χ3n) is 5.84. The van der Waals surface area contributed by atoms with Crippen LogP contribution in [0.3, 0.4) is 0 Å². The van der Waals surface area contributed by atoms with Gasteiger partial charge in [-0.25, -0.2) is 0 Å². The highest BCUT2D eigenvalue weighted by Gasteiger charge is 2.09. The normalized spacial score (nSPS) is 12.1. The Balaban J connectivity index is 1.80. The van der Waals surface area contributed by atoms with Crippen LogP contribution in [0, 0.1) is 0 Å². The topological polar surface area (TPSA) is 55.8 Å². The van der Waals surface area contributed by atoms with Crippen molar-refractivity contribution in [2.24, 2.45) is 0 Å². The molecular weight excluding hydrogens is 400 g/mol. The monoisotopic (exact) mass is 448 g/mol. The second-order valence-corrected chi connectivity index (χ2v) is 9.04. The van der Waals surface area contributed by atoms with Gasteiger partial charge in [-0.05, 0) is 12.0 Å². The van der Waals surface area contributed by atoms with Crippen molar-refractivity contribution in [2.45, 2.75) is 122 Å². The van der Waals surface area contributed by atoms with Crippen LogP contribution in [0.1, 0.15) is 115 Å². The van der Waals surface area contributed by atoms with Crippen LogP contribution in [0.15, 0.2) is 30.3 Å². The van der Waals surface area contributed by atoms with Crippen molar-refractivity contribution in [1.82, 2.24) is 0 Å². The number of carbonyl (C=O) groups is 1. The van der Waals surface area contributed by atoms with Gasteiger partial charge in [0.2, 0.25) is 0 Å².